The van der Waals surface area contributed by atoms with Crippen LogP contribution >= 0.6 is 0 Å². The predicted molar refractivity (Wildman–Crippen MR) is 36.6 cm³/mol. The molecule has 1 saturated carbocycles. The molecule has 1 fully saturated rings. The topological polar surface area (TPSA) is 19.9 Å². The van der Waals surface area contributed by atoms with Crippen molar-refractivity contribution in [3.63, 3.8) is 0 Å². The van der Waals surface area contributed by atoms with Crippen molar-refractivity contribution < 1.29 is 5.11 Å². The fraction of sp³-hybridized carbons (Fsp3) is 0.750. The van der Waals surface area contributed by atoms with Crippen LogP contribution in [0.1, 0.15) is 25.7 Å². The fourth-order valence-electron chi connectivity index (χ4n) is 1.05. The molecule has 0 bridgehead atoms. The summed E-state index contributed by atoms with van der Waals surface area (Å²) in [5, 5.41) is 10.5. The lowest BCUT2D eigenvalue weighted by atomic mass is 10.2. The molecular weight excluding hydrogens is 112 g/mol. The summed E-state index contributed by atoms with van der Waals surface area (Å²) in [7, 11) is 0. The Labute approximate surface area is 56.4 Å². The highest BCUT2D eigenvalue weighted by Crippen LogP contribution is 2.35. The van der Waals surface area contributed by atoms with Crippen molar-refractivity contribution in [1.82, 2.24) is 0 Å². The minimum Gasteiger partial charge on any atom is -0.233 e. The van der Waals surface area contributed by atoms with Crippen LogP contribution in [0.5, 0.6) is 0 Å². The second kappa shape index (κ2) is 3.02. The van der Waals surface area contributed by atoms with E-state index in [4.69, 9.17) is 0 Å². The molecule has 9 heavy (non-hydrogen) atoms. The molecule has 1 heteroatoms. The van der Waals surface area contributed by atoms with Crippen LogP contribution in [-0.2, 0) is 5.11 Å². The first-order chi connectivity index (χ1) is 4.34. The van der Waals surface area contributed by atoms with Gasteiger partial charge in [-0.15, -0.1) is 6.58 Å². The Hall–Kier alpha value is -0.300. The number of hydrogen-bond donors (Lipinski definition) is 0. The number of allylic oxidation sites excluding steroid dienone is 1. The zero-order valence-electron chi connectivity index (χ0n) is 5.68. The average molecular weight is 125 g/mol. The molecule has 1 aliphatic rings. The van der Waals surface area contributed by atoms with Crippen LogP contribution in [0.15, 0.2) is 12.7 Å². The van der Waals surface area contributed by atoms with Crippen LogP contribution in [-0.4, -0.2) is 6.10 Å². The van der Waals surface area contributed by atoms with E-state index in [1.807, 2.05) is 6.08 Å². The summed E-state index contributed by atoms with van der Waals surface area (Å²) < 4.78 is 0. The Morgan fingerprint density at radius 1 is 1.67 bits per heavy atom. The van der Waals surface area contributed by atoms with Crippen LogP contribution in [0, 0.1) is 5.92 Å². The number of unbranched alkanes of at least 4 members (excludes halogenated alkanes) is 1. The first-order valence-electron chi connectivity index (χ1n) is 3.61. The lowest BCUT2D eigenvalue weighted by molar-refractivity contribution is 0.159. The summed E-state index contributed by atoms with van der Waals surface area (Å²) in [6.45, 7) is 3.62. The molecule has 0 saturated heterocycles. The molecule has 0 aliphatic heterocycles. The average Bonchev–Trinajstić information content (AvgIpc) is 2.48. The van der Waals surface area contributed by atoms with Gasteiger partial charge in [0.05, 0.1) is 6.10 Å². The van der Waals surface area contributed by atoms with E-state index in [2.05, 4.69) is 6.58 Å². The van der Waals surface area contributed by atoms with Crippen molar-refractivity contribution in [1.29, 1.82) is 0 Å². The second-order valence-electron chi connectivity index (χ2n) is 2.75. The lowest BCUT2D eigenvalue weighted by Gasteiger charge is -1.91. The molecule has 0 spiro atoms. The number of hydrogen-bond acceptors (Lipinski definition) is 0. The van der Waals surface area contributed by atoms with Crippen LogP contribution in [0.25, 0.3) is 0 Å². The van der Waals surface area contributed by atoms with Gasteiger partial charge in [0.2, 0.25) is 0 Å². The Morgan fingerprint density at radius 2 is 2.33 bits per heavy atom. The second-order valence-corrected chi connectivity index (χ2v) is 2.75. The van der Waals surface area contributed by atoms with Crippen molar-refractivity contribution in [3.8, 4) is 0 Å². The quantitative estimate of drug-likeness (QED) is 0.405. The SMILES string of the molecule is C=CCCCC1CC1[O]. The third-order valence-electron chi connectivity index (χ3n) is 1.84. The highest BCUT2D eigenvalue weighted by molar-refractivity contribution is 4.85. The standard InChI is InChI=1S/C8H13O/c1-2-3-4-5-7-6-8(7)9/h2,7-8H,1,3-6H2. The Bertz CT molecular complexity index is 98.7. The van der Waals surface area contributed by atoms with Gasteiger partial charge in [0.25, 0.3) is 0 Å². The Kier molecular flexibility index (Phi) is 2.29. The maximum Gasteiger partial charge on any atom is 0.0962 e. The molecular formula is C8H13O. The van der Waals surface area contributed by atoms with E-state index >= 15 is 0 Å². The number of rotatable bonds is 4. The van der Waals surface area contributed by atoms with Crippen LogP contribution in [0.4, 0.5) is 0 Å². The molecule has 51 valence electrons. The van der Waals surface area contributed by atoms with Gasteiger partial charge in [0.1, 0.15) is 0 Å². The Morgan fingerprint density at radius 3 is 2.78 bits per heavy atom. The van der Waals surface area contributed by atoms with E-state index in [0.29, 0.717) is 5.92 Å². The monoisotopic (exact) mass is 125 g/mol. The van der Waals surface area contributed by atoms with Gasteiger partial charge in [-0.25, -0.2) is 5.11 Å². The van der Waals surface area contributed by atoms with E-state index in [1.54, 1.807) is 0 Å². The maximum atomic E-state index is 10.5. The van der Waals surface area contributed by atoms with Crippen LogP contribution in [0.3, 0.4) is 0 Å². The molecule has 0 N–H and O–H groups in total. The molecule has 2 atom stereocenters. The normalized spacial score (nSPS) is 32.1. The van der Waals surface area contributed by atoms with Crippen molar-refractivity contribution in [2.24, 2.45) is 5.92 Å². The zero-order valence-corrected chi connectivity index (χ0v) is 5.68. The molecule has 1 aliphatic carbocycles. The lowest BCUT2D eigenvalue weighted by Crippen LogP contribution is -1.82. The summed E-state index contributed by atoms with van der Waals surface area (Å²) in [5.74, 6) is 0.518. The summed E-state index contributed by atoms with van der Waals surface area (Å²) in [6.07, 6.45) is 5.99. The molecule has 0 aromatic rings. The van der Waals surface area contributed by atoms with Gasteiger partial charge in [0, 0.05) is 0 Å². The first-order valence-corrected chi connectivity index (χ1v) is 3.61. The van der Waals surface area contributed by atoms with E-state index in [1.165, 1.54) is 0 Å². The third kappa shape index (κ3) is 2.19. The van der Waals surface area contributed by atoms with Crippen molar-refractivity contribution in [2.75, 3.05) is 0 Å². The van der Waals surface area contributed by atoms with Gasteiger partial charge in [-0.2, -0.15) is 0 Å². The van der Waals surface area contributed by atoms with Gasteiger partial charge in [0.15, 0.2) is 0 Å². The summed E-state index contributed by atoms with van der Waals surface area (Å²) >= 11 is 0. The van der Waals surface area contributed by atoms with Gasteiger partial charge < -0.3 is 0 Å². The third-order valence-corrected chi connectivity index (χ3v) is 1.84. The largest absolute Gasteiger partial charge is 0.233 e. The summed E-state index contributed by atoms with van der Waals surface area (Å²) in [5.41, 5.74) is 0. The highest BCUT2D eigenvalue weighted by Gasteiger charge is 2.35. The molecule has 0 heterocycles. The molecule has 2 unspecified atom stereocenters. The molecule has 1 radical (unpaired) electrons. The molecule has 1 rings (SSSR count). The fourth-order valence-corrected chi connectivity index (χ4v) is 1.05. The van der Waals surface area contributed by atoms with Gasteiger partial charge in [-0.1, -0.05) is 6.08 Å². The Balaban J connectivity index is 1.88. The highest BCUT2D eigenvalue weighted by atomic mass is 16.3. The van der Waals surface area contributed by atoms with E-state index < -0.39 is 0 Å². The van der Waals surface area contributed by atoms with Gasteiger partial charge in [-0.05, 0) is 31.6 Å². The van der Waals surface area contributed by atoms with E-state index in [-0.39, 0.29) is 6.10 Å². The van der Waals surface area contributed by atoms with Crippen LogP contribution < -0.4 is 0 Å². The summed E-state index contributed by atoms with van der Waals surface area (Å²) in [6, 6.07) is 0. The van der Waals surface area contributed by atoms with E-state index in [9.17, 15) is 5.11 Å². The van der Waals surface area contributed by atoms with Crippen LogP contribution in [0.2, 0.25) is 0 Å². The molecule has 0 aromatic heterocycles. The van der Waals surface area contributed by atoms with Crippen molar-refractivity contribution in [2.45, 2.75) is 31.8 Å². The molecule has 0 amide bonds. The zero-order chi connectivity index (χ0) is 6.69. The van der Waals surface area contributed by atoms with E-state index in [0.717, 1.165) is 25.7 Å². The molecule has 0 aromatic carbocycles. The van der Waals surface area contributed by atoms with Gasteiger partial charge in [-0.3, -0.25) is 0 Å². The smallest absolute Gasteiger partial charge is 0.0962 e. The first kappa shape index (κ1) is 6.81. The van der Waals surface area contributed by atoms with Crippen molar-refractivity contribution in [3.05, 3.63) is 12.7 Å². The minimum atomic E-state index is -0.213. The molecule has 1 nitrogen and oxygen atoms in total. The van der Waals surface area contributed by atoms with Gasteiger partial charge >= 0.3 is 0 Å². The predicted octanol–water partition coefficient (Wildman–Crippen LogP) is 2.16. The minimum absolute atomic E-state index is 0.213. The maximum absolute atomic E-state index is 10.5. The van der Waals surface area contributed by atoms with Crippen molar-refractivity contribution >= 4 is 0 Å². The summed E-state index contributed by atoms with van der Waals surface area (Å²) in [4.78, 5) is 0.